The highest BCUT2D eigenvalue weighted by molar-refractivity contribution is 5.14. The van der Waals surface area contributed by atoms with Crippen molar-refractivity contribution in [3.63, 3.8) is 0 Å². The zero-order valence-electron chi connectivity index (χ0n) is 14.3. The summed E-state index contributed by atoms with van der Waals surface area (Å²) in [6.07, 6.45) is -5.06. The average Bonchev–Trinajstić information content (AvgIpc) is 2.69. The third kappa shape index (κ3) is 4.67. The van der Waals surface area contributed by atoms with Crippen LogP contribution in [0.1, 0.15) is 11.1 Å². The molecule has 1 aliphatic heterocycles. The van der Waals surface area contributed by atoms with Gasteiger partial charge >= 0.3 is 0 Å². The molecule has 2 aromatic rings. The van der Waals surface area contributed by atoms with Crippen LogP contribution in [0.3, 0.4) is 0 Å². The van der Waals surface area contributed by atoms with E-state index in [9.17, 15) is 15.3 Å². The molecule has 2 aromatic carbocycles. The molecular formula is C20H24O6. The number of ether oxygens (including phenoxy) is 3. The summed E-state index contributed by atoms with van der Waals surface area (Å²) < 4.78 is 16.9. The van der Waals surface area contributed by atoms with Crippen molar-refractivity contribution in [1.29, 1.82) is 0 Å². The van der Waals surface area contributed by atoms with Gasteiger partial charge in [0, 0.05) is 0 Å². The third-order valence-electron chi connectivity index (χ3n) is 4.39. The Balaban J connectivity index is 1.69. The Morgan fingerprint density at radius 3 is 1.77 bits per heavy atom. The summed E-state index contributed by atoms with van der Waals surface area (Å²) in [5.41, 5.74) is 1.86. The molecule has 0 amide bonds. The first kappa shape index (κ1) is 19.0. The van der Waals surface area contributed by atoms with Gasteiger partial charge < -0.3 is 29.5 Å². The highest BCUT2D eigenvalue weighted by atomic mass is 16.7. The molecule has 0 aromatic heterocycles. The highest BCUT2D eigenvalue weighted by Gasteiger charge is 2.46. The predicted molar refractivity (Wildman–Crippen MR) is 94.0 cm³/mol. The molecule has 2 unspecified atom stereocenters. The molecule has 1 heterocycles. The van der Waals surface area contributed by atoms with E-state index in [-0.39, 0.29) is 13.2 Å². The molecule has 3 N–H and O–H groups in total. The second-order valence-corrected chi connectivity index (χ2v) is 6.26. The average molecular weight is 360 g/mol. The molecule has 0 bridgehead atoms. The van der Waals surface area contributed by atoms with E-state index in [1.807, 2.05) is 60.7 Å². The molecule has 1 saturated heterocycles. The van der Waals surface area contributed by atoms with Crippen molar-refractivity contribution in [1.82, 2.24) is 0 Å². The van der Waals surface area contributed by atoms with Gasteiger partial charge in [0.1, 0.15) is 24.4 Å². The summed E-state index contributed by atoms with van der Waals surface area (Å²) in [4.78, 5) is 0. The van der Waals surface area contributed by atoms with Crippen molar-refractivity contribution in [2.75, 3.05) is 6.61 Å². The van der Waals surface area contributed by atoms with Gasteiger partial charge in [-0.3, -0.25) is 0 Å². The first-order valence-electron chi connectivity index (χ1n) is 8.62. The van der Waals surface area contributed by atoms with Crippen LogP contribution in [0.15, 0.2) is 60.7 Å². The van der Waals surface area contributed by atoms with Crippen LogP contribution in [-0.2, 0) is 27.4 Å². The number of aliphatic hydroxyl groups is 3. The standard InChI is InChI=1S/C20H24O6/c21-11-16-17(22)18(24-12-14-7-3-1-4-8-14)19(20(23)26-16)25-13-15-9-5-2-6-10-15/h1-10,16-23H,11-13H2/t16?,17-,18+,19?,20-/m0/s1. The monoisotopic (exact) mass is 360 g/mol. The number of hydrogen-bond acceptors (Lipinski definition) is 6. The van der Waals surface area contributed by atoms with Crippen LogP contribution < -0.4 is 0 Å². The molecule has 140 valence electrons. The van der Waals surface area contributed by atoms with Gasteiger partial charge in [0.15, 0.2) is 6.29 Å². The second-order valence-electron chi connectivity index (χ2n) is 6.26. The molecule has 6 heteroatoms. The van der Waals surface area contributed by atoms with Gasteiger partial charge in [-0.1, -0.05) is 60.7 Å². The molecule has 0 saturated carbocycles. The van der Waals surface area contributed by atoms with E-state index in [1.165, 1.54) is 0 Å². The molecular weight excluding hydrogens is 336 g/mol. The maximum atomic E-state index is 10.5. The highest BCUT2D eigenvalue weighted by Crippen LogP contribution is 2.26. The van der Waals surface area contributed by atoms with E-state index in [2.05, 4.69) is 0 Å². The fourth-order valence-corrected chi connectivity index (χ4v) is 2.96. The van der Waals surface area contributed by atoms with Gasteiger partial charge in [-0.15, -0.1) is 0 Å². The van der Waals surface area contributed by atoms with E-state index in [0.29, 0.717) is 0 Å². The predicted octanol–water partition coefficient (Wildman–Crippen LogP) is 1.23. The molecule has 26 heavy (non-hydrogen) atoms. The molecule has 1 aliphatic rings. The summed E-state index contributed by atoms with van der Waals surface area (Å²) in [7, 11) is 0. The van der Waals surface area contributed by atoms with Crippen LogP contribution in [0.5, 0.6) is 0 Å². The van der Waals surface area contributed by atoms with Crippen molar-refractivity contribution in [3.8, 4) is 0 Å². The van der Waals surface area contributed by atoms with Crippen molar-refractivity contribution in [2.24, 2.45) is 0 Å². The van der Waals surface area contributed by atoms with Crippen LogP contribution in [0.4, 0.5) is 0 Å². The van der Waals surface area contributed by atoms with E-state index in [4.69, 9.17) is 14.2 Å². The van der Waals surface area contributed by atoms with Crippen LogP contribution >= 0.6 is 0 Å². The van der Waals surface area contributed by atoms with E-state index < -0.39 is 37.3 Å². The minimum atomic E-state index is -1.31. The largest absolute Gasteiger partial charge is 0.394 e. The maximum Gasteiger partial charge on any atom is 0.184 e. The normalized spacial score (nSPS) is 28.8. The zero-order valence-corrected chi connectivity index (χ0v) is 14.3. The second kappa shape index (κ2) is 9.23. The smallest absolute Gasteiger partial charge is 0.184 e. The first-order chi connectivity index (χ1) is 12.7. The van der Waals surface area contributed by atoms with Crippen LogP contribution in [0, 0.1) is 0 Å². The molecule has 6 nitrogen and oxygen atoms in total. The third-order valence-corrected chi connectivity index (χ3v) is 4.39. The number of aliphatic hydroxyl groups excluding tert-OH is 3. The number of rotatable bonds is 7. The van der Waals surface area contributed by atoms with Gasteiger partial charge in [0.2, 0.25) is 0 Å². The summed E-state index contributed by atoms with van der Waals surface area (Å²) in [6.45, 7) is 0.0705. The number of benzene rings is 2. The Hall–Kier alpha value is -1.80. The van der Waals surface area contributed by atoms with E-state index >= 15 is 0 Å². The lowest BCUT2D eigenvalue weighted by molar-refractivity contribution is -0.307. The summed E-state index contributed by atoms with van der Waals surface area (Å²) in [6, 6.07) is 19.0. The Morgan fingerprint density at radius 1 is 0.769 bits per heavy atom. The maximum absolute atomic E-state index is 10.5. The molecule has 3 rings (SSSR count). The Labute approximate surface area is 152 Å². The molecule has 0 aliphatic carbocycles. The van der Waals surface area contributed by atoms with Crippen molar-refractivity contribution in [3.05, 3.63) is 71.8 Å². The zero-order chi connectivity index (χ0) is 18.4. The van der Waals surface area contributed by atoms with E-state index in [0.717, 1.165) is 11.1 Å². The van der Waals surface area contributed by atoms with E-state index in [1.54, 1.807) is 0 Å². The van der Waals surface area contributed by atoms with Crippen molar-refractivity contribution in [2.45, 2.75) is 43.9 Å². The van der Waals surface area contributed by atoms with Gasteiger partial charge in [0.05, 0.1) is 19.8 Å². The SMILES string of the molecule is OCC1O[C@H](O)C(OCc2ccccc2)[C@H](OCc2ccccc2)[C@H]1O. The Kier molecular flexibility index (Phi) is 6.73. The van der Waals surface area contributed by atoms with Crippen LogP contribution in [-0.4, -0.2) is 52.6 Å². The topological polar surface area (TPSA) is 88.4 Å². The van der Waals surface area contributed by atoms with Gasteiger partial charge in [0.25, 0.3) is 0 Å². The van der Waals surface area contributed by atoms with Gasteiger partial charge in [-0.05, 0) is 11.1 Å². The molecule has 5 atom stereocenters. The van der Waals surface area contributed by atoms with Gasteiger partial charge in [-0.25, -0.2) is 0 Å². The fraction of sp³-hybridized carbons (Fsp3) is 0.400. The minimum absolute atomic E-state index is 0.244. The lowest BCUT2D eigenvalue weighted by Crippen LogP contribution is -2.60. The summed E-state index contributed by atoms with van der Waals surface area (Å²) in [5, 5.41) is 30.2. The molecule has 0 radical (unpaired) electrons. The lowest BCUT2D eigenvalue weighted by Gasteiger charge is -2.42. The lowest BCUT2D eigenvalue weighted by atomic mass is 9.98. The van der Waals surface area contributed by atoms with Gasteiger partial charge in [-0.2, -0.15) is 0 Å². The van der Waals surface area contributed by atoms with Crippen molar-refractivity contribution >= 4 is 0 Å². The number of hydrogen-bond donors (Lipinski definition) is 3. The molecule has 0 spiro atoms. The quantitative estimate of drug-likeness (QED) is 0.688. The summed E-state index contributed by atoms with van der Waals surface area (Å²) in [5.74, 6) is 0. The fourth-order valence-electron chi connectivity index (χ4n) is 2.96. The Bertz CT molecular complexity index is 650. The van der Waals surface area contributed by atoms with Crippen LogP contribution in [0.25, 0.3) is 0 Å². The molecule has 1 fully saturated rings. The van der Waals surface area contributed by atoms with Crippen LogP contribution in [0.2, 0.25) is 0 Å². The minimum Gasteiger partial charge on any atom is -0.394 e. The summed E-state index contributed by atoms with van der Waals surface area (Å²) >= 11 is 0. The van der Waals surface area contributed by atoms with Crippen molar-refractivity contribution < 1.29 is 29.5 Å². The Morgan fingerprint density at radius 2 is 1.27 bits per heavy atom. The first-order valence-corrected chi connectivity index (χ1v) is 8.62.